The predicted molar refractivity (Wildman–Crippen MR) is 128 cm³/mol. The number of benzene rings is 2. The number of rotatable bonds is 10. The minimum Gasteiger partial charge on any atom is -0.492 e. The molecule has 0 unspecified atom stereocenters. The molecule has 0 heterocycles. The highest BCUT2D eigenvalue weighted by Gasteiger charge is 2.26. The molecular formula is C25H29ClN2O6. The largest absolute Gasteiger partial charge is 0.492 e. The standard InChI is InChI=1S/C25H29ClN2O6/c1-2-33-22-15-18(7-12-21(22)26)24(30)28-14-13-27-23(29)16-3-8-19(9-4-16)34-20-10-5-17(6-11-20)25(31)32/h3-4,7-9,12,15,17,20H,2,5-6,10-11,13-14H2,1H3,(H,27,29)(H,28,30)(H,31,32). The summed E-state index contributed by atoms with van der Waals surface area (Å²) in [7, 11) is 0. The monoisotopic (exact) mass is 488 g/mol. The van der Waals surface area contributed by atoms with Gasteiger partial charge in [0.15, 0.2) is 0 Å². The van der Waals surface area contributed by atoms with Crippen molar-refractivity contribution in [2.45, 2.75) is 38.7 Å². The zero-order valence-electron chi connectivity index (χ0n) is 19.0. The van der Waals surface area contributed by atoms with Gasteiger partial charge in [0.05, 0.1) is 23.7 Å². The van der Waals surface area contributed by atoms with Crippen LogP contribution in [0, 0.1) is 5.92 Å². The van der Waals surface area contributed by atoms with Crippen molar-refractivity contribution in [1.82, 2.24) is 10.6 Å². The van der Waals surface area contributed by atoms with Crippen molar-refractivity contribution < 1.29 is 29.0 Å². The topological polar surface area (TPSA) is 114 Å². The highest BCUT2D eigenvalue weighted by Crippen LogP contribution is 2.28. The van der Waals surface area contributed by atoms with Crippen LogP contribution in [0.5, 0.6) is 11.5 Å². The lowest BCUT2D eigenvalue weighted by atomic mass is 9.87. The van der Waals surface area contributed by atoms with Crippen molar-refractivity contribution in [3.05, 3.63) is 58.6 Å². The van der Waals surface area contributed by atoms with Crippen LogP contribution in [0.1, 0.15) is 53.3 Å². The summed E-state index contributed by atoms with van der Waals surface area (Å²) < 4.78 is 11.3. The van der Waals surface area contributed by atoms with Crippen LogP contribution in [0.2, 0.25) is 5.02 Å². The average molecular weight is 489 g/mol. The number of carboxylic acid groups (broad SMARTS) is 1. The molecule has 0 aromatic heterocycles. The molecule has 2 amide bonds. The van der Waals surface area contributed by atoms with Crippen LogP contribution >= 0.6 is 11.6 Å². The fourth-order valence-corrected chi connectivity index (χ4v) is 3.94. The minimum atomic E-state index is -0.742. The van der Waals surface area contributed by atoms with Gasteiger partial charge in [0.25, 0.3) is 11.8 Å². The van der Waals surface area contributed by atoms with Crippen molar-refractivity contribution in [2.24, 2.45) is 5.92 Å². The summed E-state index contributed by atoms with van der Waals surface area (Å²) in [5.41, 5.74) is 0.901. The van der Waals surface area contributed by atoms with Crippen LogP contribution < -0.4 is 20.1 Å². The van der Waals surface area contributed by atoms with Crippen molar-refractivity contribution in [3.63, 3.8) is 0 Å². The number of halogens is 1. The first-order valence-corrected chi connectivity index (χ1v) is 11.7. The molecular weight excluding hydrogens is 460 g/mol. The van der Waals surface area contributed by atoms with E-state index in [0.29, 0.717) is 59.9 Å². The van der Waals surface area contributed by atoms with Gasteiger partial charge in [-0.2, -0.15) is 0 Å². The lowest BCUT2D eigenvalue weighted by molar-refractivity contribution is -0.143. The van der Waals surface area contributed by atoms with Crippen LogP contribution in [0.25, 0.3) is 0 Å². The van der Waals surface area contributed by atoms with Gasteiger partial charge in [0.2, 0.25) is 0 Å². The van der Waals surface area contributed by atoms with Crippen molar-refractivity contribution in [3.8, 4) is 11.5 Å². The molecule has 0 spiro atoms. The van der Waals surface area contributed by atoms with E-state index in [1.165, 1.54) is 0 Å². The Morgan fingerprint density at radius 2 is 1.53 bits per heavy atom. The molecule has 0 aliphatic heterocycles. The second kappa shape index (κ2) is 12.3. The molecule has 3 N–H and O–H groups in total. The summed E-state index contributed by atoms with van der Waals surface area (Å²) in [6.07, 6.45) is 2.62. The molecule has 0 bridgehead atoms. The van der Waals surface area contributed by atoms with E-state index in [4.69, 9.17) is 26.2 Å². The maximum atomic E-state index is 12.4. The highest BCUT2D eigenvalue weighted by molar-refractivity contribution is 6.32. The van der Waals surface area contributed by atoms with Gasteiger partial charge in [-0.3, -0.25) is 14.4 Å². The molecule has 34 heavy (non-hydrogen) atoms. The second-order valence-corrected chi connectivity index (χ2v) is 8.45. The maximum Gasteiger partial charge on any atom is 0.306 e. The van der Waals surface area contributed by atoms with Crippen LogP contribution in [0.3, 0.4) is 0 Å². The normalized spacial score (nSPS) is 17.5. The van der Waals surface area contributed by atoms with E-state index in [2.05, 4.69) is 10.6 Å². The summed E-state index contributed by atoms with van der Waals surface area (Å²) in [6, 6.07) is 11.6. The van der Waals surface area contributed by atoms with Gasteiger partial charge in [-0.25, -0.2) is 0 Å². The van der Waals surface area contributed by atoms with Gasteiger partial charge >= 0.3 is 5.97 Å². The average Bonchev–Trinajstić information content (AvgIpc) is 2.84. The number of amides is 2. The van der Waals surface area contributed by atoms with Gasteiger partial charge in [-0.15, -0.1) is 0 Å². The number of nitrogens with one attached hydrogen (secondary N) is 2. The summed E-state index contributed by atoms with van der Waals surface area (Å²) in [5.74, 6) is -0.468. The molecule has 8 nitrogen and oxygen atoms in total. The molecule has 0 radical (unpaired) electrons. The first kappa shape index (κ1) is 25.4. The molecule has 1 aliphatic carbocycles. The zero-order valence-corrected chi connectivity index (χ0v) is 19.8. The summed E-state index contributed by atoms with van der Waals surface area (Å²) in [5, 5.41) is 15.0. The van der Waals surface area contributed by atoms with Gasteiger partial charge in [0, 0.05) is 24.2 Å². The summed E-state index contributed by atoms with van der Waals surface area (Å²) in [4.78, 5) is 35.7. The fraction of sp³-hybridized carbons (Fsp3) is 0.400. The molecule has 0 atom stereocenters. The third kappa shape index (κ3) is 7.12. The molecule has 1 aliphatic rings. The van der Waals surface area contributed by atoms with Crippen LogP contribution in [0.4, 0.5) is 0 Å². The van der Waals surface area contributed by atoms with E-state index >= 15 is 0 Å². The number of carbonyl (C=O) groups is 3. The van der Waals surface area contributed by atoms with Gasteiger partial charge in [-0.1, -0.05) is 11.6 Å². The Morgan fingerprint density at radius 1 is 0.941 bits per heavy atom. The molecule has 2 aromatic carbocycles. The second-order valence-electron chi connectivity index (χ2n) is 8.04. The maximum absolute atomic E-state index is 12.4. The molecule has 1 fully saturated rings. The van der Waals surface area contributed by atoms with Crippen molar-refractivity contribution in [2.75, 3.05) is 19.7 Å². The summed E-state index contributed by atoms with van der Waals surface area (Å²) in [6.45, 7) is 2.80. The third-order valence-corrected chi connectivity index (χ3v) is 5.94. The minimum absolute atomic E-state index is 0.0101. The quantitative estimate of drug-likeness (QED) is 0.437. The number of hydrogen-bond acceptors (Lipinski definition) is 5. The van der Waals surface area contributed by atoms with E-state index in [9.17, 15) is 14.4 Å². The van der Waals surface area contributed by atoms with Crippen molar-refractivity contribution in [1.29, 1.82) is 0 Å². The first-order valence-electron chi connectivity index (χ1n) is 11.4. The molecule has 2 aromatic rings. The van der Waals surface area contributed by atoms with Crippen LogP contribution in [0.15, 0.2) is 42.5 Å². The summed E-state index contributed by atoms with van der Waals surface area (Å²) >= 11 is 6.04. The zero-order chi connectivity index (χ0) is 24.5. The highest BCUT2D eigenvalue weighted by atomic mass is 35.5. The lowest BCUT2D eigenvalue weighted by Gasteiger charge is -2.26. The van der Waals surface area contributed by atoms with Gasteiger partial charge < -0.3 is 25.2 Å². The number of carbonyl (C=O) groups excluding carboxylic acids is 2. The Bertz CT molecular complexity index is 1000. The van der Waals surface area contributed by atoms with E-state index < -0.39 is 5.97 Å². The molecule has 3 rings (SSSR count). The SMILES string of the molecule is CCOc1cc(C(=O)NCCNC(=O)c2ccc(OC3CCC(C(=O)O)CC3)cc2)ccc1Cl. The molecule has 0 saturated heterocycles. The predicted octanol–water partition coefficient (Wildman–Crippen LogP) is 3.92. The Balaban J connectivity index is 1.40. The Labute approximate surface area is 203 Å². The van der Waals surface area contributed by atoms with Crippen LogP contribution in [-0.2, 0) is 4.79 Å². The van der Waals surface area contributed by atoms with Gasteiger partial charge in [-0.05, 0) is 75.1 Å². The number of ether oxygens (including phenoxy) is 2. The number of hydrogen-bond donors (Lipinski definition) is 3. The van der Waals surface area contributed by atoms with E-state index in [1.54, 1.807) is 42.5 Å². The molecule has 9 heteroatoms. The molecule has 1 saturated carbocycles. The van der Waals surface area contributed by atoms with E-state index in [-0.39, 0.29) is 36.9 Å². The smallest absolute Gasteiger partial charge is 0.306 e. The first-order chi connectivity index (χ1) is 16.4. The lowest BCUT2D eigenvalue weighted by Crippen LogP contribution is -2.34. The third-order valence-electron chi connectivity index (χ3n) is 5.63. The van der Waals surface area contributed by atoms with Gasteiger partial charge in [0.1, 0.15) is 11.5 Å². The number of carboxylic acids is 1. The Kier molecular flexibility index (Phi) is 9.16. The Morgan fingerprint density at radius 3 is 2.12 bits per heavy atom. The fourth-order valence-electron chi connectivity index (χ4n) is 3.77. The Hall–Kier alpha value is -3.26. The molecule has 182 valence electrons. The van der Waals surface area contributed by atoms with E-state index in [0.717, 1.165) is 0 Å². The van der Waals surface area contributed by atoms with E-state index in [1.807, 2.05) is 6.92 Å². The van der Waals surface area contributed by atoms with Crippen molar-refractivity contribution >= 4 is 29.4 Å². The van der Waals surface area contributed by atoms with Crippen LogP contribution in [-0.4, -0.2) is 48.7 Å². The number of aliphatic carboxylic acids is 1.